The number of hydrogen-bond acceptors (Lipinski definition) is 6. The Bertz CT molecular complexity index is 801. The number of amidine groups is 1. The third-order valence-electron chi connectivity index (χ3n) is 2.94. The van der Waals surface area contributed by atoms with Crippen molar-refractivity contribution in [1.82, 2.24) is 10.3 Å². The number of nitrogens with one attached hydrogen (secondary N) is 2. The Morgan fingerprint density at radius 3 is 2.68 bits per heavy atom. The number of amides is 1. The molecule has 1 aromatic heterocycles. The lowest BCUT2D eigenvalue weighted by atomic mass is 9.92. The Balaban J connectivity index is 2.18. The van der Waals surface area contributed by atoms with Gasteiger partial charge in [0, 0.05) is 12.1 Å². The molecule has 25 heavy (non-hydrogen) atoms. The summed E-state index contributed by atoms with van der Waals surface area (Å²) >= 11 is 3.06. The fourth-order valence-electron chi connectivity index (χ4n) is 1.93. The number of anilines is 2. The SMILES string of the molecule is CC(C)(C)CC(=O)Nc1nonc1/C(=N\O)Nc1ccc(F)c(Br)c1. The van der Waals surface area contributed by atoms with Crippen molar-refractivity contribution in [3.63, 3.8) is 0 Å². The zero-order valence-corrected chi connectivity index (χ0v) is 15.4. The van der Waals surface area contributed by atoms with Crippen LogP contribution in [-0.2, 0) is 4.79 Å². The van der Waals surface area contributed by atoms with Gasteiger partial charge in [0.1, 0.15) is 5.82 Å². The fraction of sp³-hybridized carbons (Fsp3) is 0.333. The molecule has 0 atom stereocenters. The Labute approximate surface area is 151 Å². The molecule has 0 saturated heterocycles. The molecule has 3 N–H and O–H groups in total. The van der Waals surface area contributed by atoms with Crippen LogP contribution in [0.1, 0.15) is 32.9 Å². The summed E-state index contributed by atoms with van der Waals surface area (Å²) in [4.78, 5) is 12.0. The van der Waals surface area contributed by atoms with Gasteiger partial charge in [0.05, 0.1) is 4.47 Å². The molecular weight excluding hydrogens is 397 g/mol. The van der Waals surface area contributed by atoms with Crippen molar-refractivity contribution < 1.29 is 19.0 Å². The zero-order valence-electron chi connectivity index (χ0n) is 13.8. The summed E-state index contributed by atoms with van der Waals surface area (Å²) in [6.07, 6.45) is 0.253. The normalized spacial score (nSPS) is 12.1. The van der Waals surface area contributed by atoms with Crippen molar-refractivity contribution in [1.29, 1.82) is 0 Å². The first-order valence-corrected chi connectivity index (χ1v) is 8.06. The summed E-state index contributed by atoms with van der Waals surface area (Å²) in [5.41, 5.74) is 0.217. The maximum atomic E-state index is 13.3. The monoisotopic (exact) mass is 413 g/mol. The summed E-state index contributed by atoms with van der Waals surface area (Å²) in [6, 6.07) is 4.12. The standard InChI is InChI=1S/C15H17BrFN5O3/c1-15(2,3)7-11(23)19-14-12(21-25-22-14)13(20-24)18-8-4-5-10(17)9(16)6-8/h4-6,24H,7H2,1-3H3,(H,18,20)(H,19,22,23). The van der Waals surface area contributed by atoms with Crippen molar-refractivity contribution in [3.8, 4) is 0 Å². The van der Waals surface area contributed by atoms with E-state index < -0.39 is 5.82 Å². The molecule has 0 radical (unpaired) electrons. The summed E-state index contributed by atoms with van der Waals surface area (Å²) in [7, 11) is 0. The quantitative estimate of drug-likeness (QED) is 0.305. The van der Waals surface area contributed by atoms with Gasteiger partial charge in [-0.15, -0.1) is 0 Å². The van der Waals surface area contributed by atoms with E-state index in [1.807, 2.05) is 20.8 Å². The number of rotatable bonds is 4. The third kappa shape index (κ3) is 5.24. The summed E-state index contributed by atoms with van der Waals surface area (Å²) < 4.78 is 18.1. The molecule has 0 saturated carbocycles. The molecule has 0 spiro atoms. The number of carbonyl (C=O) groups excluding carboxylic acids is 1. The number of halogens is 2. The van der Waals surface area contributed by atoms with E-state index in [1.165, 1.54) is 18.2 Å². The van der Waals surface area contributed by atoms with E-state index in [0.717, 1.165) is 0 Å². The maximum Gasteiger partial charge on any atom is 0.226 e. The number of carbonyl (C=O) groups is 1. The van der Waals surface area contributed by atoms with Crippen LogP contribution in [0.3, 0.4) is 0 Å². The smallest absolute Gasteiger partial charge is 0.226 e. The van der Waals surface area contributed by atoms with Crippen LogP contribution in [0.25, 0.3) is 0 Å². The van der Waals surface area contributed by atoms with Crippen molar-refractivity contribution in [2.75, 3.05) is 10.6 Å². The first-order valence-electron chi connectivity index (χ1n) is 7.26. The lowest BCUT2D eigenvalue weighted by Gasteiger charge is -2.16. The van der Waals surface area contributed by atoms with Gasteiger partial charge in [-0.25, -0.2) is 9.02 Å². The lowest BCUT2D eigenvalue weighted by molar-refractivity contribution is -0.117. The van der Waals surface area contributed by atoms with Crippen molar-refractivity contribution in [3.05, 3.63) is 34.2 Å². The predicted molar refractivity (Wildman–Crippen MR) is 93.0 cm³/mol. The van der Waals surface area contributed by atoms with Gasteiger partial charge in [-0.3, -0.25) is 4.79 Å². The zero-order chi connectivity index (χ0) is 18.6. The molecule has 0 unspecified atom stereocenters. The van der Waals surface area contributed by atoms with Crippen molar-refractivity contribution in [2.45, 2.75) is 27.2 Å². The Morgan fingerprint density at radius 2 is 2.08 bits per heavy atom. The largest absolute Gasteiger partial charge is 0.409 e. The topological polar surface area (TPSA) is 113 Å². The third-order valence-corrected chi connectivity index (χ3v) is 3.55. The second-order valence-corrected chi connectivity index (χ2v) is 7.30. The van der Waals surface area contributed by atoms with Gasteiger partial charge in [-0.1, -0.05) is 25.9 Å². The Morgan fingerprint density at radius 1 is 1.36 bits per heavy atom. The highest BCUT2D eigenvalue weighted by Gasteiger charge is 2.22. The highest BCUT2D eigenvalue weighted by molar-refractivity contribution is 9.10. The van der Waals surface area contributed by atoms with Crippen molar-refractivity contribution >= 4 is 39.2 Å². The van der Waals surface area contributed by atoms with Gasteiger partial charge in [-0.05, 0) is 49.9 Å². The first kappa shape index (κ1) is 18.8. The van der Waals surface area contributed by atoms with Gasteiger partial charge in [0.15, 0.2) is 5.69 Å². The van der Waals surface area contributed by atoms with E-state index in [2.05, 4.69) is 46.7 Å². The molecule has 0 fully saturated rings. The van der Waals surface area contributed by atoms with E-state index in [0.29, 0.717) is 5.69 Å². The van der Waals surface area contributed by atoms with Crippen LogP contribution in [0.5, 0.6) is 0 Å². The molecular formula is C15H17BrFN5O3. The highest BCUT2D eigenvalue weighted by atomic mass is 79.9. The van der Waals surface area contributed by atoms with Gasteiger partial charge in [0.25, 0.3) is 0 Å². The predicted octanol–water partition coefficient (Wildman–Crippen LogP) is 3.59. The Hall–Kier alpha value is -2.49. The second-order valence-electron chi connectivity index (χ2n) is 6.45. The van der Waals surface area contributed by atoms with Crippen LogP contribution >= 0.6 is 15.9 Å². The van der Waals surface area contributed by atoms with Gasteiger partial charge < -0.3 is 15.8 Å². The van der Waals surface area contributed by atoms with Crippen LogP contribution in [0, 0.1) is 11.2 Å². The Kier molecular flexibility index (Phi) is 5.73. The van der Waals surface area contributed by atoms with E-state index in [4.69, 9.17) is 0 Å². The molecule has 134 valence electrons. The summed E-state index contributed by atoms with van der Waals surface area (Å²) in [5, 5.41) is 24.9. The van der Waals surface area contributed by atoms with Crippen LogP contribution in [-0.4, -0.2) is 27.3 Å². The van der Waals surface area contributed by atoms with Gasteiger partial charge in [-0.2, -0.15) is 0 Å². The second kappa shape index (κ2) is 7.60. The minimum Gasteiger partial charge on any atom is -0.409 e. The van der Waals surface area contributed by atoms with E-state index in [1.54, 1.807) is 0 Å². The van der Waals surface area contributed by atoms with Crippen LogP contribution in [0.4, 0.5) is 15.9 Å². The molecule has 1 aromatic carbocycles. The molecule has 0 bridgehead atoms. The molecule has 2 aromatic rings. The van der Waals surface area contributed by atoms with E-state index in [-0.39, 0.29) is 39.6 Å². The fourth-order valence-corrected chi connectivity index (χ4v) is 2.30. The number of hydrogen-bond donors (Lipinski definition) is 3. The number of benzene rings is 1. The molecule has 1 heterocycles. The average molecular weight is 414 g/mol. The average Bonchev–Trinajstić information content (AvgIpc) is 2.94. The van der Waals surface area contributed by atoms with Crippen molar-refractivity contribution in [2.24, 2.45) is 10.6 Å². The minimum atomic E-state index is -0.439. The van der Waals surface area contributed by atoms with Gasteiger partial charge >= 0.3 is 0 Å². The van der Waals surface area contributed by atoms with Crippen LogP contribution < -0.4 is 10.6 Å². The molecule has 0 aliphatic carbocycles. The molecule has 0 aliphatic rings. The first-order chi connectivity index (χ1) is 11.7. The number of nitrogens with zero attached hydrogens (tertiary/aromatic N) is 3. The summed E-state index contributed by atoms with van der Waals surface area (Å²) in [6.45, 7) is 5.76. The highest BCUT2D eigenvalue weighted by Crippen LogP contribution is 2.22. The molecule has 10 heteroatoms. The molecule has 8 nitrogen and oxygen atoms in total. The molecule has 0 aliphatic heterocycles. The number of oxime groups is 1. The molecule has 1 amide bonds. The molecule has 2 rings (SSSR count). The van der Waals surface area contributed by atoms with Crippen LogP contribution in [0.15, 0.2) is 32.5 Å². The maximum absolute atomic E-state index is 13.3. The lowest BCUT2D eigenvalue weighted by Crippen LogP contribution is -2.22. The summed E-state index contributed by atoms with van der Waals surface area (Å²) in [5.74, 6) is -0.834. The van der Waals surface area contributed by atoms with E-state index >= 15 is 0 Å². The van der Waals surface area contributed by atoms with Crippen LogP contribution in [0.2, 0.25) is 0 Å². The number of aromatic nitrogens is 2. The van der Waals surface area contributed by atoms with Gasteiger partial charge in [0.2, 0.25) is 17.6 Å². The van der Waals surface area contributed by atoms with E-state index in [9.17, 15) is 14.4 Å². The minimum absolute atomic E-state index is 0.00482.